The van der Waals surface area contributed by atoms with Gasteiger partial charge in [-0.1, -0.05) is 30.3 Å². The minimum absolute atomic E-state index is 0. The van der Waals surface area contributed by atoms with Crippen molar-refractivity contribution in [3.05, 3.63) is 42.5 Å². The summed E-state index contributed by atoms with van der Waals surface area (Å²) in [5, 5.41) is 11.4. The van der Waals surface area contributed by atoms with E-state index >= 15 is 0 Å². The summed E-state index contributed by atoms with van der Waals surface area (Å²) >= 11 is 0. The van der Waals surface area contributed by atoms with Gasteiger partial charge in [0.1, 0.15) is 5.75 Å². The SMILES string of the molecule is Oc1ccc2ccccc2c1.[KH].[KH]. The van der Waals surface area contributed by atoms with E-state index in [2.05, 4.69) is 0 Å². The van der Waals surface area contributed by atoms with Gasteiger partial charge < -0.3 is 5.11 Å². The molecule has 0 atom stereocenters. The van der Waals surface area contributed by atoms with Crippen LogP contribution in [0.25, 0.3) is 10.8 Å². The zero-order valence-electron chi connectivity index (χ0n) is 5.99. The molecule has 2 aromatic carbocycles. The Bertz CT molecular complexity index is 387. The maximum absolute atomic E-state index is 9.13. The van der Waals surface area contributed by atoms with Gasteiger partial charge >= 0.3 is 103 Å². The molecule has 0 unspecified atom stereocenters. The van der Waals surface area contributed by atoms with E-state index in [1.165, 1.54) is 0 Å². The zero-order valence-corrected chi connectivity index (χ0v) is 5.99. The molecule has 0 aliphatic rings. The van der Waals surface area contributed by atoms with Crippen LogP contribution < -0.4 is 0 Å². The fourth-order valence-electron chi connectivity index (χ4n) is 1.18. The summed E-state index contributed by atoms with van der Waals surface area (Å²) in [7, 11) is 0. The Morgan fingerprint density at radius 3 is 2.08 bits per heavy atom. The molecule has 2 rings (SSSR count). The predicted molar refractivity (Wildman–Crippen MR) is 59.9 cm³/mol. The molecular weight excluding hydrogens is 214 g/mol. The Hall–Kier alpha value is 1.77. The molecule has 0 aromatic heterocycles. The summed E-state index contributed by atoms with van der Waals surface area (Å²) in [5.41, 5.74) is 0. The molecule has 0 spiro atoms. The van der Waals surface area contributed by atoms with Crippen LogP contribution in [0.1, 0.15) is 0 Å². The van der Waals surface area contributed by atoms with Crippen LogP contribution in [0.5, 0.6) is 5.75 Å². The number of rotatable bonds is 0. The third-order valence-electron chi connectivity index (χ3n) is 1.73. The van der Waals surface area contributed by atoms with E-state index in [-0.39, 0.29) is 103 Å². The normalized spacial score (nSPS) is 8.62. The fraction of sp³-hybridized carbons (Fsp3) is 0. The van der Waals surface area contributed by atoms with Crippen molar-refractivity contribution in [3.8, 4) is 5.75 Å². The molecule has 0 amide bonds. The Morgan fingerprint density at radius 1 is 0.769 bits per heavy atom. The van der Waals surface area contributed by atoms with Crippen LogP contribution in [0.4, 0.5) is 0 Å². The van der Waals surface area contributed by atoms with Gasteiger partial charge in [0, 0.05) is 0 Å². The second-order valence-corrected chi connectivity index (χ2v) is 2.53. The molecule has 1 nitrogen and oxygen atoms in total. The Labute approximate surface area is 163 Å². The first-order chi connectivity index (χ1) is 5.36. The van der Waals surface area contributed by atoms with Crippen molar-refractivity contribution in [2.75, 3.05) is 0 Å². The first-order valence-electron chi connectivity index (χ1n) is 3.54. The van der Waals surface area contributed by atoms with Crippen molar-refractivity contribution < 1.29 is 5.11 Å². The molecule has 0 saturated heterocycles. The Balaban J connectivity index is 0.000000720. The van der Waals surface area contributed by atoms with E-state index in [1.807, 2.05) is 30.3 Å². The van der Waals surface area contributed by atoms with Crippen molar-refractivity contribution in [1.29, 1.82) is 0 Å². The quantitative estimate of drug-likeness (QED) is 0.668. The second-order valence-electron chi connectivity index (χ2n) is 2.53. The van der Waals surface area contributed by atoms with Gasteiger partial charge in [-0.3, -0.25) is 0 Å². The van der Waals surface area contributed by atoms with E-state index in [0.717, 1.165) is 10.8 Å². The molecule has 0 bridgehead atoms. The van der Waals surface area contributed by atoms with Gasteiger partial charge in [0.2, 0.25) is 0 Å². The fourth-order valence-corrected chi connectivity index (χ4v) is 1.18. The van der Waals surface area contributed by atoms with E-state index in [1.54, 1.807) is 12.1 Å². The standard InChI is InChI=1S/C10H8O.2K.2H/c11-10-6-5-8-3-1-2-4-9(8)7-10;;;;/h1-7,11H;;;;. The molecule has 58 valence electrons. The molecule has 0 aliphatic carbocycles. The van der Waals surface area contributed by atoms with Crippen molar-refractivity contribution in [2.45, 2.75) is 0 Å². The average molecular weight is 224 g/mol. The van der Waals surface area contributed by atoms with Crippen LogP contribution in [0.3, 0.4) is 0 Å². The first-order valence-corrected chi connectivity index (χ1v) is 3.54. The van der Waals surface area contributed by atoms with Crippen LogP contribution in [0, 0.1) is 0 Å². The summed E-state index contributed by atoms with van der Waals surface area (Å²) in [6.45, 7) is 0. The Kier molecular flexibility index (Phi) is 8.08. The molecule has 0 saturated carbocycles. The van der Waals surface area contributed by atoms with Crippen LogP contribution in [0.15, 0.2) is 42.5 Å². The van der Waals surface area contributed by atoms with Crippen molar-refractivity contribution in [2.24, 2.45) is 0 Å². The van der Waals surface area contributed by atoms with Crippen molar-refractivity contribution >= 4 is 114 Å². The third-order valence-corrected chi connectivity index (χ3v) is 1.73. The maximum atomic E-state index is 9.13. The van der Waals surface area contributed by atoms with Gasteiger partial charge in [0.25, 0.3) is 0 Å². The minimum atomic E-state index is 0. The number of benzene rings is 2. The molecule has 3 heteroatoms. The van der Waals surface area contributed by atoms with Crippen LogP contribution in [-0.2, 0) is 0 Å². The third kappa shape index (κ3) is 4.03. The number of phenols is 1. The molecule has 0 fully saturated rings. The molecule has 0 radical (unpaired) electrons. The monoisotopic (exact) mass is 224 g/mol. The summed E-state index contributed by atoms with van der Waals surface area (Å²) < 4.78 is 0. The molecule has 1 N–H and O–H groups in total. The number of hydrogen-bond acceptors (Lipinski definition) is 1. The van der Waals surface area contributed by atoms with E-state index in [0.29, 0.717) is 5.75 Å². The van der Waals surface area contributed by atoms with Crippen LogP contribution >= 0.6 is 0 Å². The van der Waals surface area contributed by atoms with Crippen molar-refractivity contribution in [1.82, 2.24) is 0 Å². The summed E-state index contributed by atoms with van der Waals surface area (Å²) in [6.07, 6.45) is 0. The van der Waals surface area contributed by atoms with Crippen molar-refractivity contribution in [3.63, 3.8) is 0 Å². The molecule has 0 heterocycles. The predicted octanol–water partition coefficient (Wildman–Crippen LogP) is 1.25. The Morgan fingerprint density at radius 2 is 1.38 bits per heavy atom. The van der Waals surface area contributed by atoms with E-state index in [9.17, 15) is 0 Å². The summed E-state index contributed by atoms with van der Waals surface area (Å²) in [6, 6.07) is 13.3. The van der Waals surface area contributed by atoms with Crippen LogP contribution in [0.2, 0.25) is 0 Å². The van der Waals surface area contributed by atoms with Gasteiger partial charge in [-0.15, -0.1) is 0 Å². The summed E-state index contributed by atoms with van der Waals surface area (Å²) in [5.74, 6) is 0.323. The first kappa shape index (κ1) is 14.8. The molecule has 2 aromatic rings. The van der Waals surface area contributed by atoms with E-state index < -0.39 is 0 Å². The van der Waals surface area contributed by atoms with Gasteiger partial charge in [-0.2, -0.15) is 0 Å². The van der Waals surface area contributed by atoms with Gasteiger partial charge in [-0.25, -0.2) is 0 Å². The van der Waals surface area contributed by atoms with Gasteiger partial charge in [0.05, 0.1) is 0 Å². The van der Waals surface area contributed by atoms with Gasteiger partial charge in [-0.05, 0) is 22.9 Å². The second kappa shape index (κ2) is 7.11. The number of aromatic hydroxyl groups is 1. The number of hydrogen-bond donors (Lipinski definition) is 1. The topological polar surface area (TPSA) is 20.2 Å². The zero-order chi connectivity index (χ0) is 7.68. The summed E-state index contributed by atoms with van der Waals surface area (Å²) in [4.78, 5) is 0. The molecular formula is C10H10K2O. The molecule has 0 aliphatic heterocycles. The van der Waals surface area contributed by atoms with E-state index in [4.69, 9.17) is 5.11 Å². The number of phenolic OH excluding ortho intramolecular Hbond substituents is 1. The number of fused-ring (bicyclic) bond motifs is 1. The van der Waals surface area contributed by atoms with Crippen LogP contribution in [-0.4, -0.2) is 108 Å². The van der Waals surface area contributed by atoms with Gasteiger partial charge in [0.15, 0.2) is 0 Å². The average Bonchev–Trinajstić information content (AvgIpc) is 2.04. The molecule has 13 heavy (non-hydrogen) atoms.